The molecular formula is C11H16FN3O. The third-order valence-corrected chi connectivity index (χ3v) is 2.53. The summed E-state index contributed by atoms with van der Waals surface area (Å²) in [4.78, 5) is 6.35. The number of nitrogens with zero attached hydrogens (tertiary/aromatic N) is 2. The van der Waals surface area contributed by atoms with Gasteiger partial charge in [-0.25, -0.2) is 4.39 Å². The van der Waals surface area contributed by atoms with Gasteiger partial charge in [-0.15, -0.1) is 0 Å². The van der Waals surface area contributed by atoms with Crippen LogP contribution in [0.15, 0.2) is 18.5 Å². The van der Waals surface area contributed by atoms with E-state index in [2.05, 4.69) is 15.2 Å². The van der Waals surface area contributed by atoms with Gasteiger partial charge in [-0.05, 0) is 0 Å². The van der Waals surface area contributed by atoms with E-state index in [-0.39, 0.29) is 6.61 Å². The van der Waals surface area contributed by atoms with Crippen LogP contribution >= 0.6 is 0 Å². The molecule has 1 fully saturated rings. The normalized spacial score (nSPS) is 16.2. The van der Waals surface area contributed by atoms with Crippen LogP contribution in [-0.4, -0.2) is 44.4 Å². The molecular weight excluding hydrogens is 209 g/mol. The molecule has 4 nitrogen and oxygen atoms in total. The minimum absolute atomic E-state index is 0.0900. The van der Waals surface area contributed by atoms with Gasteiger partial charge >= 0.3 is 0 Å². The van der Waals surface area contributed by atoms with Crippen LogP contribution in [-0.2, 0) is 0 Å². The number of aromatic nitrogens is 1. The van der Waals surface area contributed by atoms with Crippen molar-refractivity contribution in [3.63, 3.8) is 0 Å². The number of alkyl halides is 1. The van der Waals surface area contributed by atoms with Gasteiger partial charge in [0.15, 0.2) is 0 Å². The average molecular weight is 225 g/mol. The van der Waals surface area contributed by atoms with Crippen molar-refractivity contribution in [2.45, 2.75) is 0 Å². The number of ether oxygens (including phenoxy) is 1. The zero-order valence-corrected chi connectivity index (χ0v) is 9.16. The summed E-state index contributed by atoms with van der Waals surface area (Å²) in [6, 6.07) is 1.91. The molecule has 0 radical (unpaired) electrons. The fraction of sp³-hybridized carbons (Fsp3) is 0.545. The first kappa shape index (κ1) is 11.1. The van der Waals surface area contributed by atoms with E-state index in [0.29, 0.717) is 5.75 Å². The van der Waals surface area contributed by atoms with Crippen LogP contribution in [0.25, 0.3) is 0 Å². The first-order valence-electron chi connectivity index (χ1n) is 5.49. The molecule has 1 aromatic heterocycles. The van der Waals surface area contributed by atoms with E-state index in [9.17, 15) is 4.39 Å². The summed E-state index contributed by atoms with van der Waals surface area (Å²) < 4.78 is 17.2. The van der Waals surface area contributed by atoms with E-state index in [1.807, 2.05) is 12.3 Å². The second-order valence-corrected chi connectivity index (χ2v) is 3.65. The second-order valence-electron chi connectivity index (χ2n) is 3.65. The van der Waals surface area contributed by atoms with Crippen molar-refractivity contribution in [2.24, 2.45) is 0 Å². The third-order valence-electron chi connectivity index (χ3n) is 2.53. The predicted molar refractivity (Wildman–Crippen MR) is 60.8 cm³/mol. The van der Waals surface area contributed by atoms with Gasteiger partial charge < -0.3 is 15.0 Å². The Morgan fingerprint density at radius 1 is 1.38 bits per heavy atom. The van der Waals surface area contributed by atoms with Crippen molar-refractivity contribution in [3.8, 4) is 5.75 Å². The van der Waals surface area contributed by atoms with Gasteiger partial charge in [-0.3, -0.25) is 4.98 Å². The Balaban J connectivity index is 2.02. The number of hydrogen-bond donors (Lipinski definition) is 1. The lowest BCUT2D eigenvalue weighted by Gasteiger charge is -2.29. The van der Waals surface area contributed by atoms with E-state index < -0.39 is 6.67 Å². The van der Waals surface area contributed by atoms with Gasteiger partial charge in [0.05, 0.1) is 18.1 Å². The van der Waals surface area contributed by atoms with Crippen molar-refractivity contribution in [1.29, 1.82) is 0 Å². The number of pyridine rings is 1. The lowest BCUT2D eigenvalue weighted by molar-refractivity contribution is 0.272. The van der Waals surface area contributed by atoms with Crippen molar-refractivity contribution in [2.75, 3.05) is 44.4 Å². The Labute approximate surface area is 94.4 Å². The first-order valence-corrected chi connectivity index (χ1v) is 5.49. The molecule has 16 heavy (non-hydrogen) atoms. The van der Waals surface area contributed by atoms with Crippen LogP contribution in [0.1, 0.15) is 0 Å². The second kappa shape index (κ2) is 5.65. The lowest BCUT2D eigenvalue weighted by atomic mass is 10.3. The standard InChI is InChI=1S/C11H16FN3O/c12-1-6-16-11-7-10(8-14-9-11)15-4-2-13-3-5-15/h7-9,13H,1-6H2. The minimum atomic E-state index is -0.474. The minimum Gasteiger partial charge on any atom is -0.489 e. The number of piperazine rings is 1. The van der Waals surface area contributed by atoms with Gasteiger partial charge in [0, 0.05) is 32.2 Å². The molecule has 1 aliphatic rings. The number of hydrogen-bond acceptors (Lipinski definition) is 4. The van der Waals surface area contributed by atoms with Crippen LogP contribution < -0.4 is 15.0 Å². The molecule has 5 heteroatoms. The Morgan fingerprint density at radius 2 is 2.19 bits per heavy atom. The molecule has 2 heterocycles. The summed E-state index contributed by atoms with van der Waals surface area (Å²) in [7, 11) is 0. The highest BCUT2D eigenvalue weighted by molar-refractivity contribution is 5.48. The third kappa shape index (κ3) is 2.82. The molecule has 1 aromatic rings. The largest absolute Gasteiger partial charge is 0.489 e. The summed E-state index contributed by atoms with van der Waals surface area (Å²) in [5.74, 6) is 0.633. The van der Waals surface area contributed by atoms with Crippen molar-refractivity contribution in [1.82, 2.24) is 10.3 Å². The molecule has 1 aliphatic heterocycles. The number of rotatable bonds is 4. The highest BCUT2D eigenvalue weighted by Gasteiger charge is 2.11. The van der Waals surface area contributed by atoms with Gasteiger partial charge in [-0.2, -0.15) is 0 Å². The zero-order valence-electron chi connectivity index (χ0n) is 9.16. The maximum absolute atomic E-state index is 12.0. The van der Waals surface area contributed by atoms with Gasteiger partial charge in [0.25, 0.3) is 0 Å². The average Bonchev–Trinajstić information content (AvgIpc) is 2.38. The van der Waals surface area contributed by atoms with Gasteiger partial charge in [-0.1, -0.05) is 0 Å². The monoisotopic (exact) mass is 225 g/mol. The Bertz CT molecular complexity index is 329. The van der Waals surface area contributed by atoms with Crippen molar-refractivity contribution < 1.29 is 9.13 Å². The molecule has 1 N–H and O–H groups in total. The number of nitrogens with one attached hydrogen (secondary N) is 1. The molecule has 0 aliphatic carbocycles. The molecule has 88 valence electrons. The van der Waals surface area contributed by atoms with E-state index in [1.54, 1.807) is 6.20 Å². The van der Waals surface area contributed by atoms with Crippen LogP contribution in [0.4, 0.5) is 10.1 Å². The fourth-order valence-electron chi connectivity index (χ4n) is 1.74. The summed E-state index contributed by atoms with van der Waals surface area (Å²) in [5.41, 5.74) is 1.04. The SMILES string of the molecule is FCCOc1cncc(N2CCNCC2)c1. The molecule has 0 unspecified atom stereocenters. The van der Waals surface area contributed by atoms with Gasteiger partial charge in [0.2, 0.25) is 0 Å². The molecule has 0 spiro atoms. The van der Waals surface area contributed by atoms with Gasteiger partial charge in [0.1, 0.15) is 19.0 Å². The van der Waals surface area contributed by atoms with Crippen LogP contribution in [0.5, 0.6) is 5.75 Å². The first-order chi connectivity index (χ1) is 7.90. The predicted octanol–water partition coefficient (Wildman–Crippen LogP) is 0.839. The highest BCUT2D eigenvalue weighted by Crippen LogP contribution is 2.19. The van der Waals surface area contributed by atoms with Crippen LogP contribution in [0.2, 0.25) is 0 Å². The molecule has 0 atom stereocenters. The number of anilines is 1. The molecule has 2 rings (SSSR count). The van der Waals surface area contributed by atoms with E-state index >= 15 is 0 Å². The summed E-state index contributed by atoms with van der Waals surface area (Å²) >= 11 is 0. The highest BCUT2D eigenvalue weighted by atomic mass is 19.1. The van der Waals surface area contributed by atoms with E-state index in [4.69, 9.17) is 4.74 Å². The summed E-state index contributed by atoms with van der Waals surface area (Å²) in [5, 5.41) is 3.29. The maximum atomic E-state index is 12.0. The molecule has 0 aromatic carbocycles. The van der Waals surface area contributed by atoms with Crippen LogP contribution in [0.3, 0.4) is 0 Å². The molecule has 0 amide bonds. The van der Waals surface area contributed by atoms with Crippen molar-refractivity contribution >= 4 is 5.69 Å². The molecule has 0 saturated carbocycles. The molecule has 0 bridgehead atoms. The fourth-order valence-corrected chi connectivity index (χ4v) is 1.74. The van der Waals surface area contributed by atoms with Crippen molar-refractivity contribution in [3.05, 3.63) is 18.5 Å². The maximum Gasteiger partial charge on any atom is 0.139 e. The quantitative estimate of drug-likeness (QED) is 0.824. The zero-order chi connectivity index (χ0) is 11.2. The lowest BCUT2D eigenvalue weighted by Crippen LogP contribution is -2.43. The smallest absolute Gasteiger partial charge is 0.139 e. The Kier molecular flexibility index (Phi) is 3.93. The van der Waals surface area contributed by atoms with Crippen LogP contribution in [0, 0.1) is 0 Å². The summed E-state index contributed by atoms with van der Waals surface area (Å²) in [6.45, 7) is 3.51. The topological polar surface area (TPSA) is 37.4 Å². The number of halogens is 1. The Hall–Kier alpha value is -1.36. The Morgan fingerprint density at radius 3 is 2.94 bits per heavy atom. The van der Waals surface area contributed by atoms with E-state index in [1.165, 1.54) is 0 Å². The van der Waals surface area contributed by atoms with E-state index in [0.717, 1.165) is 31.9 Å². The molecule has 1 saturated heterocycles. The summed E-state index contributed by atoms with van der Waals surface area (Å²) in [6.07, 6.45) is 3.43.